The molecule has 7 heteroatoms. The van der Waals surface area contributed by atoms with E-state index >= 15 is 0 Å². The van der Waals surface area contributed by atoms with Crippen LogP contribution in [0.25, 0.3) is 0 Å². The van der Waals surface area contributed by atoms with E-state index in [1.807, 2.05) is 36.5 Å². The summed E-state index contributed by atoms with van der Waals surface area (Å²) in [7, 11) is 0. The van der Waals surface area contributed by atoms with Crippen molar-refractivity contribution in [3.63, 3.8) is 0 Å². The highest BCUT2D eigenvalue weighted by Gasteiger charge is 2.07. The molecule has 26 heavy (non-hydrogen) atoms. The number of aromatic hydroxyl groups is 1. The first kappa shape index (κ1) is 20.0. The average molecular weight is 393 g/mol. The molecule has 0 aliphatic rings. The Labute approximate surface area is 162 Å². The van der Waals surface area contributed by atoms with Crippen LogP contribution in [-0.4, -0.2) is 21.7 Å². The van der Waals surface area contributed by atoms with Crippen LogP contribution in [0.15, 0.2) is 47.4 Å². The van der Waals surface area contributed by atoms with Crippen LogP contribution >= 0.6 is 23.7 Å². The van der Waals surface area contributed by atoms with Crippen molar-refractivity contribution in [2.45, 2.75) is 26.2 Å². The summed E-state index contributed by atoms with van der Waals surface area (Å²) >= 11 is 1.03. The molecule has 3 rings (SSSR count). The standard InChI is InChI=1S/C19H20N2O3S.ClH/c1-2-13-3-6-15(20-12-13)9-10-24-16-7-4-14(5-8-16)11-17-18(22)21-19(23)25-17;/h3-8,12,22H,2,9-11H2,1H3,(H,21,23);1H. The van der Waals surface area contributed by atoms with Gasteiger partial charge in [-0.05, 0) is 35.7 Å². The van der Waals surface area contributed by atoms with Gasteiger partial charge < -0.3 is 9.84 Å². The van der Waals surface area contributed by atoms with Crippen molar-refractivity contribution in [2.24, 2.45) is 0 Å². The van der Waals surface area contributed by atoms with E-state index in [4.69, 9.17) is 4.74 Å². The first-order valence-electron chi connectivity index (χ1n) is 8.20. The number of aromatic amines is 1. The van der Waals surface area contributed by atoms with Crippen molar-refractivity contribution in [1.29, 1.82) is 0 Å². The zero-order valence-electron chi connectivity index (χ0n) is 14.4. The number of thiazole rings is 1. The van der Waals surface area contributed by atoms with Crippen LogP contribution in [0.5, 0.6) is 11.6 Å². The summed E-state index contributed by atoms with van der Waals surface area (Å²) in [4.78, 5) is 18.4. The number of halogens is 1. The number of hydrogen-bond acceptors (Lipinski definition) is 5. The minimum atomic E-state index is -0.243. The van der Waals surface area contributed by atoms with Gasteiger partial charge in [0.25, 0.3) is 0 Å². The van der Waals surface area contributed by atoms with Crippen molar-refractivity contribution >= 4 is 23.7 Å². The summed E-state index contributed by atoms with van der Waals surface area (Å²) in [6, 6.07) is 11.8. The second-order valence-electron chi connectivity index (χ2n) is 5.72. The molecule has 0 spiro atoms. The van der Waals surface area contributed by atoms with Crippen molar-refractivity contribution in [1.82, 2.24) is 9.97 Å². The lowest BCUT2D eigenvalue weighted by Crippen LogP contribution is -2.03. The Balaban J connectivity index is 0.00000243. The number of nitrogens with zero attached hydrogens (tertiary/aromatic N) is 1. The van der Waals surface area contributed by atoms with E-state index in [9.17, 15) is 9.90 Å². The fourth-order valence-corrected chi connectivity index (χ4v) is 3.20. The maximum atomic E-state index is 11.2. The fourth-order valence-electron chi connectivity index (χ4n) is 2.45. The summed E-state index contributed by atoms with van der Waals surface area (Å²) in [5.41, 5.74) is 3.26. The number of pyridine rings is 1. The van der Waals surface area contributed by atoms with Gasteiger partial charge in [-0.3, -0.25) is 14.8 Å². The quantitative estimate of drug-likeness (QED) is 0.642. The predicted molar refractivity (Wildman–Crippen MR) is 106 cm³/mol. The molecule has 0 amide bonds. The minimum Gasteiger partial charge on any atom is -0.494 e. The largest absolute Gasteiger partial charge is 0.494 e. The molecule has 3 aromatic rings. The third-order valence-corrected chi connectivity index (χ3v) is 4.78. The third kappa shape index (κ3) is 5.34. The summed E-state index contributed by atoms with van der Waals surface area (Å²) in [6.07, 6.45) is 4.18. The van der Waals surface area contributed by atoms with Crippen molar-refractivity contribution in [3.05, 3.63) is 74.0 Å². The van der Waals surface area contributed by atoms with Crippen molar-refractivity contribution in [2.75, 3.05) is 6.61 Å². The second-order valence-corrected chi connectivity index (χ2v) is 6.78. The molecule has 0 atom stereocenters. The van der Waals surface area contributed by atoms with Crippen LogP contribution in [-0.2, 0) is 19.3 Å². The molecule has 2 N–H and O–H groups in total. The SMILES string of the molecule is CCc1ccc(CCOc2ccc(Cc3sc(=O)[nH]c3O)cc2)nc1.Cl. The highest BCUT2D eigenvalue weighted by molar-refractivity contribution is 7.09. The average Bonchev–Trinajstić information content (AvgIpc) is 2.94. The van der Waals surface area contributed by atoms with Gasteiger partial charge in [-0.15, -0.1) is 12.4 Å². The zero-order valence-corrected chi connectivity index (χ0v) is 16.0. The van der Waals surface area contributed by atoms with E-state index in [1.54, 1.807) is 0 Å². The van der Waals surface area contributed by atoms with Gasteiger partial charge >= 0.3 is 4.87 Å². The summed E-state index contributed by atoms with van der Waals surface area (Å²) in [5, 5.41) is 9.63. The first-order chi connectivity index (χ1) is 12.1. The van der Waals surface area contributed by atoms with Crippen LogP contribution in [0.1, 0.15) is 28.6 Å². The number of nitrogens with one attached hydrogen (secondary N) is 1. The van der Waals surface area contributed by atoms with Gasteiger partial charge in [-0.2, -0.15) is 0 Å². The van der Waals surface area contributed by atoms with Crippen LogP contribution < -0.4 is 9.61 Å². The number of aryl methyl sites for hydroxylation is 1. The number of benzene rings is 1. The van der Waals surface area contributed by atoms with Crippen LogP contribution in [0, 0.1) is 0 Å². The highest BCUT2D eigenvalue weighted by Crippen LogP contribution is 2.21. The molecule has 0 saturated heterocycles. The molecular formula is C19H21ClN2O3S. The predicted octanol–water partition coefficient (Wildman–Crippen LogP) is 3.73. The van der Waals surface area contributed by atoms with Crippen molar-refractivity contribution in [3.8, 4) is 11.6 Å². The molecule has 0 saturated carbocycles. The van der Waals surface area contributed by atoms with Crippen LogP contribution in [0.2, 0.25) is 0 Å². The normalized spacial score (nSPS) is 10.3. The van der Waals surface area contributed by atoms with E-state index in [1.165, 1.54) is 5.56 Å². The van der Waals surface area contributed by atoms with Gasteiger partial charge in [0, 0.05) is 24.7 Å². The maximum Gasteiger partial charge on any atom is 0.307 e. The highest BCUT2D eigenvalue weighted by atomic mass is 35.5. The lowest BCUT2D eigenvalue weighted by atomic mass is 10.1. The molecule has 0 aliphatic heterocycles. The van der Waals surface area contributed by atoms with E-state index in [0.29, 0.717) is 17.9 Å². The van der Waals surface area contributed by atoms with Crippen molar-refractivity contribution < 1.29 is 9.84 Å². The molecule has 138 valence electrons. The van der Waals surface area contributed by atoms with Gasteiger partial charge in [-0.1, -0.05) is 36.5 Å². The molecule has 0 bridgehead atoms. The summed E-state index contributed by atoms with van der Waals surface area (Å²) in [5.74, 6) is 0.748. The Morgan fingerprint density at radius 3 is 2.46 bits per heavy atom. The summed E-state index contributed by atoms with van der Waals surface area (Å²) < 4.78 is 5.76. The number of hydrogen-bond donors (Lipinski definition) is 2. The number of rotatable bonds is 7. The van der Waals surface area contributed by atoms with Gasteiger partial charge in [-0.25, -0.2) is 0 Å². The Kier molecular flexibility index (Phi) is 7.24. The molecule has 5 nitrogen and oxygen atoms in total. The van der Waals surface area contributed by atoms with Gasteiger partial charge in [0.15, 0.2) is 0 Å². The van der Waals surface area contributed by atoms with E-state index in [2.05, 4.69) is 23.0 Å². The van der Waals surface area contributed by atoms with E-state index in [0.717, 1.165) is 41.2 Å². The molecule has 0 fully saturated rings. The Morgan fingerprint density at radius 2 is 1.88 bits per heavy atom. The number of aromatic nitrogens is 2. The Hall–Kier alpha value is -2.31. The first-order valence-corrected chi connectivity index (χ1v) is 9.02. The van der Waals surface area contributed by atoms with E-state index < -0.39 is 0 Å². The fraction of sp³-hybridized carbons (Fsp3) is 0.263. The number of ether oxygens (including phenoxy) is 1. The Morgan fingerprint density at radius 1 is 1.15 bits per heavy atom. The summed E-state index contributed by atoms with van der Waals surface area (Å²) in [6.45, 7) is 2.68. The lowest BCUT2D eigenvalue weighted by Gasteiger charge is -2.07. The maximum absolute atomic E-state index is 11.2. The molecule has 0 radical (unpaired) electrons. The zero-order chi connectivity index (χ0) is 17.6. The molecule has 1 aromatic carbocycles. The molecule has 0 aliphatic carbocycles. The molecule has 2 aromatic heterocycles. The van der Waals surface area contributed by atoms with Crippen LogP contribution in [0.4, 0.5) is 0 Å². The monoisotopic (exact) mass is 392 g/mol. The Bertz CT molecular complexity index is 873. The second kappa shape index (κ2) is 9.40. The van der Waals surface area contributed by atoms with Crippen LogP contribution in [0.3, 0.4) is 0 Å². The molecular weight excluding hydrogens is 372 g/mol. The van der Waals surface area contributed by atoms with Gasteiger partial charge in [0.05, 0.1) is 11.5 Å². The minimum absolute atomic E-state index is 0. The van der Waals surface area contributed by atoms with Gasteiger partial charge in [0.1, 0.15) is 5.75 Å². The molecule has 2 heterocycles. The smallest absolute Gasteiger partial charge is 0.307 e. The van der Waals surface area contributed by atoms with E-state index in [-0.39, 0.29) is 23.2 Å². The third-order valence-electron chi connectivity index (χ3n) is 3.91. The van der Waals surface area contributed by atoms with Gasteiger partial charge in [0.2, 0.25) is 5.88 Å². The topological polar surface area (TPSA) is 75.2 Å². The lowest BCUT2D eigenvalue weighted by molar-refractivity contribution is 0.320. The number of H-pyrrole nitrogens is 1. The molecule has 0 unspecified atom stereocenters.